The molecule has 1 aliphatic heterocycles. The molecule has 0 aliphatic carbocycles. The Kier molecular flexibility index (Phi) is 7.14. The monoisotopic (exact) mass is 503 g/mol. The lowest BCUT2D eigenvalue weighted by Crippen LogP contribution is -2.39. The summed E-state index contributed by atoms with van der Waals surface area (Å²) in [6, 6.07) is 8.24. The van der Waals surface area contributed by atoms with E-state index in [0.717, 1.165) is 11.3 Å². The van der Waals surface area contributed by atoms with Gasteiger partial charge < -0.3 is 29.7 Å². The summed E-state index contributed by atoms with van der Waals surface area (Å²) in [5.74, 6) is 1.80. The number of nitrogens with one attached hydrogen (secondary N) is 2. The van der Waals surface area contributed by atoms with Crippen LogP contribution in [0, 0.1) is 0 Å². The van der Waals surface area contributed by atoms with E-state index < -0.39 is 0 Å². The molecular weight excluding hydrogens is 481 g/mol. The Morgan fingerprint density at radius 2 is 1.65 bits per heavy atom. The van der Waals surface area contributed by atoms with Gasteiger partial charge in [-0.1, -0.05) is 23.2 Å². The molecule has 0 saturated carbocycles. The van der Waals surface area contributed by atoms with Gasteiger partial charge in [-0.3, -0.25) is 0 Å². The first-order valence-corrected chi connectivity index (χ1v) is 11.1. The fourth-order valence-electron chi connectivity index (χ4n) is 3.66. The largest absolute Gasteiger partial charge is 0.493 e. The van der Waals surface area contributed by atoms with Gasteiger partial charge in [-0.25, -0.2) is 14.8 Å². The lowest BCUT2D eigenvalue weighted by Gasteiger charge is -2.28. The minimum atomic E-state index is -0.254. The minimum Gasteiger partial charge on any atom is -0.493 e. The van der Waals surface area contributed by atoms with Gasteiger partial charge in [0.15, 0.2) is 11.5 Å². The molecule has 2 amide bonds. The SMILES string of the molecule is COc1cc(NC(=O)N2CCc3nc(Nc4cc(Cl)cc(Cl)c4)ncc3C2)cc(OC)c1OC. The van der Waals surface area contributed by atoms with Gasteiger partial charge in [0.2, 0.25) is 11.7 Å². The number of aromatic nitrogens is 2. The number of fused-ring (bicyclic) bond motifs is 1. The van der Waals surface area contributed by atoms with E-state index in [0.29, 0.717) is 64.1 Å². The van der Waals surface area contributed by atoms with Crippen molar-refractivity contribution in [3.05, 3.63) is 57.8 Å². The van der Waals surface area contributed by atoms with Crippen molar-refractivity contribution >= 4 is 46.6 Å². The highest BCUT2D eigenvalue weighted by Gasteiger charge is 2.23. The summed E-state index contributed by atoms with van der Waals surface area (Å²) in [6.45, 7) is 0.886. The number of hydrogen-bond acceptors (Lipinski definition) is 7. The molecule has 1 aromatic heterocycles. The average molecular weight is 504 g/mol. The number of anilines is 3. The number of hydrogen-bond donors (Lipinski definition) is 2. The number of benzene rings is 2. The second-order valence-electron chi connectivity index (χ2n) is 7.46. The highest BCUT2D eigenvalue weighted by atomic mass is 35.5. The predicted octanol–water partition coefficient (Wildman–Crippen LogP) is 5.14. The zero-order chi connectivity index (χ0) is 24.2. The molecule has 0 spiro atoms. The Hall–Kier alpha value is -3.43. The van der Waals surface area contributed by atoms with Crippen LogP contribution in [0.4, 0.5) is 22.1 Å². The normalized spacial score (nSPS) is 12.6. The molecular formula is C23H23Cl2N5O4. The highest BCUT2D eigenvalue weighted by Crippen LogP contribution is 2.40. The third-order valence-corrected chi connectivity index (χ3v) is 5.69. The second kappa shape index (κ2) is 10.2. The average Bonchev–Trinajstić information content (AvgIpc) is 2.82. The molecule has 0 radical (unpaired) electrons. The van der Waals surface area contributed by atoms with Crippen LogP contribution in [0.3, 0.4) is 0 Å². The van der Waals surface area contributed by atoms with Crippen molar-refractivity contribution in [2.45, 2.75) is 13.0 Å². The number of halogens is 2. The topological polar surface area (TPSA) is 97.8 Å². The Labute approximate surface area is 207 Å². The maximum atomic E-state index is 12.9. The van der Waals surface area contributed by atoms with E-state index in [9.17, 15) is 4.79 Å². The van der Waals surface area contributed by atoms with E-state index in [4.69, 9.17) is 37.4 Å². The maximum Gasteiger partial charge on any atom is 0.322 e. The van der Waals surface area contributed by atoms with Gasteiger partial charge in [0, 0.05) is 52.6 Å². The van der Waals surface area contributed by atoms with Gasteiger partial charge in [-0.15, -0.1) is 0 Å². The number of amides is 2. The van der Waals surface area contributed by atoms with Gasteiger partial charge in [0.1, 0.15) is 0 Å². The molecule has 0 atom stereocenters. The van der Waals surface area contributed by atoms with Gasteiger partial charge >= 0.3 is 6.03 Å². The summed E-state index contributed by atoms with van der Waals surface area (Å²) in [5, 5.41) is 7.04. The molecule has 178 valence electrons. The minimum absolute atomic E-state index is 0.254. The summed E-state index contributed by atoms with van der Waals surface area (Å²) in [7, 11) is 4.57. The molecule has 0 saturated heterocycles. The molecule has 3 aromatic rings. The molecule has 2 N–H and O–H groups in total. The summed E-state index contributed by atoms with van der Waals surface area (Å²) < 4.78 is 16.0. The maximum absolute atomic E-state index is 12.9. The first kappa shape index (κ1) is 23.7. The molecule has 1 aliphatic rings. The van der Waals surface area contributed by atoms with Crippen molar-refractivity contribution in [1.82, 2.24) is 14.9 Å². The van der Waals surface area contributed by atoms with Crippen LogP contribution in [-0.4, -0.2) is 48.8 Å². The fourth-order valence-corrected chi connectivity index (χ4v) is 4.19. The molecule has 4 rings (SSSR count). The van der Waals surface area contributed by atoms with Gasteiger partial charge in [0.05, 0.1) is 39.3 Å². The molecule has 0 unspecified atom stereocenters. The Bertz CT molecular complexity index is 1180. The fraction of sp³-hybridized carbons (Fsp3) is 0.261. The Morgan fingerprint density at radius 1 is 0.971 bits per heavy atom. The van der Waals surface area contributed by atoms with E-state index in [1.54, 1.807) is 41.4 Å². The molecule has 11 heteroatoms. The van der Waals surface area contributed by atoms with Gasteiger partial charge in [-0.2, -0.15) is 0 Å². The van der Waals surface area contributed by atoms with Crippen molar-refractivity contribution in [1.29, 1.82) is 0 Å². The van der Waals surface area contributed by atoms with Crippen LogP contribution in [0.5, 0.6) is 17.2 Å². The van der Waals surface area contributed by atoms with Crippen LogP contribution in [-0.2, 0) is 13.0 Å². The van der Waals surface area contributed by atoms with Gasteiger partial charge in [0.25, 0.3) is 0 Å². The van der Waals surface area contributed by atoms with E-state index >= 15 is 0 Å². The van der Waals surface area contributed by atoms with Crippen molar-refractivity contribution in [2.24, 2.45) is 0 Å². The summed E-state index contributed by atoms with van der Waals surface area (Å²) in [5.41, 5.74) is 2.98. The Balaban J connectivity index is 1.45. The predicted molar refractivity (Wildman–Crippen MR) is 131 cm³/mol. The van der Waals surface area contributed by atoms with E-state index in [-0.39, 0.29) is 6.03 Å². The molecule has 0 bridgehead atoms. The standard InChI is InChI=1S/C23H23Cl2N5O4/c1-32-19-9-17(10-20(33-2)21(19)34-3)28-23(31)30-5-4-18-13(12-30)11-26-22(29-18)27-16-7-14(24)6-15(25)8-16/h6-11H,4-5,12H2,1-3H3,(H,28,31)(H,26,27,29). The number of rotatable bonds is 6. The number of urea groups is 1. The summed E-state index contributed by atoms with van der Waals surface area (Å²) in [4.78, 5) is 23.6. The van der Waals surface area contributed by atoms with Crippen molar-refractivity contribution in [3.8, 4) is 17.2 Å². The van der Waals surface area contributed by atoms with Crippen molar-refractivity contribution < 1.29 is 19.0 Å². The summed E-state index contributed by atoms with van der Waals surface area (Å²) in [6.07, 6.45) is 2.31. The number of nitrogens with zero attached hydrogens (tertiary/aromatic N) is 3. The van der Waals surface area contributed by atoms with E-state index in [2.05, 4.69) is 20.6 Å². The van der Waals surface area contributed by atoms with Crippen LogP contribution < -0.4 is 24.8 Å². The Morgan fingerprint density at radius 3 is 2.26 bits per heavy atom. The first-order valence-electron chi connectivity index (χ1n) is 10.3. The highest BCUT2D eigenvalue weighted by molar-refractivity contribution is 6.35. The third-order valence-electron chi connectivity index (χ3n) is 5.26. The van der Waals surface area contributed by atoms with Crippen LogP contribution in [0.25, 0.3) is 0 Å². The molecule has 9 nitrogen and oxygen atoms in total. The zero-order valence-electron chi connectivity index (χ0n) is 18.8. The smallest absolute Gasteiger partial charge is 0.322 e. The zero-order valence-corrected chi connectivity index (χ0v) is 20.3. The van der Waals surface area contributed by atoms with Crippen LogP contribution in [0.1, 0.15) is 11.3 Å². The van der Waals surface area contributed by atoms with E-state index in [1.165, 1.54) is 21.3 Å². The number of ether oxygens (including phenoxy) is 3. The van der Waals surface area contributed by atoms with Crippen LogP contribution in [0.2, 0.25) is 10.0 Å². The number of methoxy groups -OCH3 is 3. The van der Waals surface area contributed by atoms with E-state index in [1.807, 2.05) is 0 Å². The number of carbonyl (C=O) groups is 1. The molecule has 2 aromatic carbocycles. The summed E-state index contributed by atoms with van der Waals surface area (Å²) >= 11 is 12.1. The quantitative estimate of drug-likeness (QED) is 0.480. The lowest BCUT2D eigenvalue weighted by molar-refractivity contribution is 0.206. The first-order chi connectivity index (χ1) is 16.4. The second-order valence-corrected chi connectivity index (χ2v) is 8.34. The van der Waals surface area contributed by atoms with Crippen LogP contribution in [0.15, 0.2) is 36.5 Å². The molecule has 0 fully saturated rings. The number of carbonyl (C=O) groups excluding carboxylic acids is 1. The van der Waals surface area contributed by atoms with Crippen LogP contribution >= 0.6 is 23.2 Å². The lowest BCUT2D eigenvalue weighted by atomic mass is 10.1. The van der Waals surface area contributed by atoms with Gasteiger partial charge in [-0.05, 0) is 18.2 Å². The third kappa shape index (κ3) is 5.21. The molecule has 34 heavy (non-hydrogen) atoms. The van der Waals surface area contributed by atoms with Crippen molar-refractivity contribution in [3.63, 3.8) is 0 Å². The molecule has 2 heterocycles. The van der Waals surface area contributed by atoms with Crippen molar-refractivity contribution in [2.75, 3.05) is 38.5 Å².